The van der Waals surface area contributed by atoms with E-state index in [1.165, 1.54) is 12.7 Å². The number of hydrogen-bond donors (Lipinski definition) is 5. The van der Waals surface area contributed by atoms with E-state index in [1.54, 1.807) is 4.57 Å². The van der Waals surface area contributed by atoms with Crippen LogP contribution < -0.4 is 11.5 Å². The highest BCUT2D eigenvalue weighted by Crippen LogP contribution is 2.32. The number of aliphatic hydroxyl groups excluding tert-OH is 2. The summed E-state index contributed by atoms with van der Waals surface area (Å²) in [6, 6.07) is 0. The molecule has 0 aromatic carbocycles. The van der Waals surface area contributed by atoms with Crippen LogP contribution in [0.25, 0.3) is 11.2 Å². The van der Waals surface area contributed by atoms with Gasteiger partial charge in [0.25, 0.3) is 10.1 Å². The molecule has 2 unspecified atom stereocenters. The largest absolute Gasteiger partial charge is 0.748 e. The fourth-order valence-electron chi connectivity index (χ4n) is 3.41. The van der Waals surface area contributed by atoms with Gasteiger partial charge in [-0.25, -0.2) is 23.4 Å². The van der Waals surface area contributed by atoms with Gasteiger partial charge >= 0.3 is 0 Å². The Bertz CT molecular complexity index is 1160. The Kier molecular flexibility index (Phi) is 11.3. The molecule has 5 atom stereocenters. The van der Waals surface area contributed by atoms with Crippen molar-refractivity contribution in [1.29, 1.82) is 0 Å². The Morgan fingerprint density at radius 3 is 2.39 bits per heavy atom. The van der Waals surface area contributed by atoms with Gasteiger partial charge in [-0.3, -0.25) is 9.12 Å². The van der Waals surface area contributed by atoms with Crippen LogP contribution in [0.2, 0.25) is 0 Å². The number of ether oxygens (including phenoxy) is 1. The van der Waals surface area contributed by atoms with Crippen molar-refractivity contribution in [2.24, 2.45) is 5.73 Å². The van der Waals surface area contributed by atoms with Crippen molar-refractivity contribution in [2.45, 2.75) is 43.8 Å². The van der Waals surface area contributed by atoms with Crippen molar-refractivity contribution in [3.8, 4) is 0 Å². The highest BCUT2D eigenvalue weighted by atomic mass is 32.2. The van der Waals surface area contributed by atoms with Crippen molar-refractivity contribution in [1.82, 2.24) is 19.5 Å². The van der Waals surface area contributed by atoms with Crippen molar-refractivity contribution >= 4 is 48.1 Å². The zero-order chi connectivity index (χ0) is 27.1. The summed E-state index contributed by atoms with van der Waals surface area (Å²) < 4.78 is 65.8. The second-order valence-corrected chi connectivity index (χ2v) is 13.6. The van der Waals surface area contributed by atoms with Gasteiger partial charge in [0.2, 0.25) is 0 Å². The first-order valence-corrected chi connectivity index (χ1v) is 16.0. The van der Waals surface area contributed by atoms with Gasteiger partial charge in [0.1, 0.15) is 41.7 Å². The van der Waals surface area contributed by atoms with Crippen LogP contribution in [0.5, 0.6) is 0 Å². The summed E-state index contributed by atoms with van der Waals surface area (Å²) in [5.41, 5.74) is 12.2. The van der Waals surface area contributed by atoms with Gasteiger partial charge in [-0.2, -0.15) is 8.42 Å². The first kappa shape index (κ1) is 30.6. The molecule has 0 spiro atoms. The molecule has 0 saturated carbocycles. The van der Waals surface area contributed by atoms with Gasteiger partial charge < -0.3 is 31.0 Å². The molecule has 1 aliphatic heterocycles. The lowest BCUT2D eigenvalue weighted by molar-refractivity contribution is -0.0290. The Hall–Kier alpha value is -1.64. The number of imidazole rings is 1. The molecule has 1 fully saturated rings. The summed E-state index contributed by atoms with van der Waals surface area (Å²) in [6.07, 6.45) is 2.60. The second kappa shape index (κ2) is 13.2. The van der Waals surface area contributed by atoms with Gasteiger partial charge in [0, 0.05) is 12.2 Å². The molecule has 18 heteroatoms. The topological polar surface area (TPSA) is 257 Å². The minimum Gasteiger partial charge on any atom is -0.748 e. The van der Waals surface area contributed by atoms with Crippen LogP contribution in [-0.4, -0.2) is 110 Å². The van der Waals surface area contributed by atoms with E-state index in [1.807, 2.05) is 0 Å². The van der Waals surface area contributed by atoms with Gasteiger partial charge in [-0.1, -0.05) is 0 Å². The number of hydrogen-bond acceptors (Lipinski definition) is 13. The molecule has 1 saturated heterocycles. The highest BCUT2D eigenvalue weighted by molar-refractivity contribution is 7.96. The third-order valence-corrected chi connectivity index (χ3v) is 8.67. The lowest BCUT2D eigenvalue weighted by Gasteiger charge is -2.16. The van der Waals surface area contributed by atoms with E-state index in [0.29, 0.717) is 23.5 Å². The molecule has 15 nitrogen and oxygen atoms in total. The quantitative estimate of drug-likeness (QED) is 0.109. The number of aliphatic hydroxyl groups is 2. The number of unbranched alkanes of at least 4 members (excludes halogenated alkanes) is 1. The SMILES string of the molecule is C[S+](CCCN)C[C@H]1O[C@@H](n2cnc3c(N)ncnc32)C(O)[C@H]1O.O=S(=O)([O-])CCCCS(=O)(=O)O. The zero-order valence-electron chi connectivity index (χ0n) is 19.6. The van der Waals surface area contributed by atoms with Crippen molar-refractivity contribution in [3.05, 3.63) is 12.7 Å². The summed E-state index contributed by atoms with van der Waals surface area (Å²) in [5, 5.41) is 20.7. The molecule has 0 bridgehead atoms. The van der Waals surface area contributed by atoms with Gasteiger partial charge in [0.15, 0.2) is 17.7 Å². The maximum Gasteiger partial charge on any atom is 0.264 e. The normalized spacial score (nSPS) is 23.4. The molecule has 7 N–H and O–H groups in total. The molecule has 206 valence electrons. The van der Waals surface area contributed by atoms with Crippen LogP contribution >= 0.6 is 0 Å². The van der Waals surface area contributed by atoms with Crippen LogP contribution in [0.3, 0.4) is 0 Å². The first-order valence-electron chi connectivity index (χ1n) is 10.9. The maximum absolute atomic E-state index is 10.4. The molecular formula is C18H32N6O9S3. The fourth-order valence-corrected chi connectivity index (χ4v) is 6.20. The summed E-state index contributed by atoms with van der Waals surface area (Å²) in [6.45, 7) is 0.652. The predicted octanol–water partition coefficient (Wildman–Crippen LogP) is -2.18. The van der Waals surface area contributed by atoms with Gasteiger partial charge in [-0.15, -0.1) is 0 Å². The lowest BCUT2D eigenvalue weighted by Crippen LogP contribution is -2.35. The van der Waals surface area contributed by atoms with E-state index in [9.17, 15) is 31.6 Å². The van der Waals surface area contributed by atoms with E-state index < -0.39 is 56.3 Å². The van der Waals surface area contributed by atoms with E-state index >= 15 is 0 Å². The third-order valence-electron chi connectivity index (χ3n) is 5.19. The predicted molar refractivity (Wildman–Crippen MR) is 133 cm³/mol. The van der Waals surface area contributed by atoms with Crippen LogP contribution in [0.4, 0.5) is 5.82 Å². The molecule has 1 aliphatic rings. The average molecular weight is 573 g/mol. The molecule has 3 heterocycles. The fraction of sp³-hybridized carbons (Fsp3) is 0.722. The average Bonchev–Trinajstić information content (AvgIpc) is 3.32. The molecule has 0 aliphatic carbocycles. The smallest absolute Gasteiger partial charge is 0.264 e. The molecule has 0 amide bonds. The van der Waals surface area contributed by atoms with Crippen molar-refractivity contribution in [2.75, 3.05) is 41.5 Å². The van der Waals surface area contributed by atoms with Crippen LogP contribution in [0.1, 0.15) is 25.5 Å². The Labute approximate surface area is 212 Å². The minimum atomic E-state index is -4.27. The molecular weight excluding hydrogens is 540 g/mol. The van der Waals surface area contributed by atoms with E-state index in [-0.39, 0.29) is 29.6 Å². The number of rotatable bonds is 11. The minimum absolute atomic E-state index is 0.0275. The number of nitrogen functional groups attached to an aromatic ring is 1. The van der Waals surface area contributed by atoms with Gasteiger partial charge in [-0.05, 0) is 30.3 Å². The van der Waals surface area contributed by atoms with E-state index in [2.05, 4.69) is 21.2 Å². The summed E-state index contributed by atoms with van der Waals surface area (Å²) >= 11 is 0. The summed E-state index contributed by atoms with van der Waals surface area (Å²) in [7, 11) is -8.24. The van der Waals surface area contributed by atoms with Gasteiger partial charge in [0.05, 0.1) is 28.5 Å². The Morgan fingerprint density at radius 2 is 1.78 bits per heavy atom. The van der Waals surface area contributed by atoms with Crippen LogP contribution in [-0.2, 0) is 35.9 Å². The molecule has 2 aromatic heterocycles. The number of nitrogens with two attached hydrogens (primary N) is 2. The van der Waals surface area contributed by atoms with E-state index in [4.69, 9.17) is 20.8 Å². The van der Waals surface area contributed by atoms with Crippen LogP contribution in [0, 0.1) is 0 Å². The number of anilines is 1. The van der Waals surface area contributed by atoms with Crippen molar-refractivity contribution < 1.29 is 40.9 Å². The molecule has 2 aromatic rings. The standard InChI is InChI=1S/C14H23N6O3S.C4H10O6S2/c1-24(4-2-3-15)5-8-10(21)11(22)14(23-8)20-7-19-9-12(16)17-6-18-13(9)20;5-11(6,7)3-1-2-4-12(8,9)10/h6-8,10-11,14,21-22H,2-5,15H2,1H3,(H2,16,17,18);1-4H2,(H,5,6,7)(H,8,9,10)/q+1;/p-1/t8-,10+,11?,14-,24?;/m1./s1. The third kappa shape index (κ3) is 9.34. The summed E-state index contributed by atoms with van der Waals surface area (Å²) in [5.74, 6) is 0.825. The lowest BCUT2D eigenvalue weighted by atomic mass is 10.1. The number of fused-ring (bicyclic) bond motifs is 1. The van der Waals surface area contributed by atoms with Crippen molar-refractivity contribution in [3.63, 3.8) is 0 Å². The monoisotopic (exact) mass is 572 g/mol. The van der Waals surface area contributed by atoms with Crippen LogP contribution in [0.15, 0.2) is 12.7 Å². The number of aromatic nitrogens is 4. The zero-order valence-corrected chi connectivity index (χ0v) is 22.0. The summed E-state index contributed by atoms with van der Waals surface area (Å²) in [4.78, 5) is 12.2. The second-order valence-electron chi connectivity index (χ2n) is 8.18. The Morgan fingerprint density at radius 1 is 1.11 bits per heavy atom. The molecule has 36 heavy (non-hydrogen) atoms. The first-order chi connectivity index (χ1) is 16.7. The molecule has 0 radical (unpaired) electrons. The Balaban J connectivity index is 0.000000324. The van der Waals surface area contributed by atoms with E-state index in [0.717, 1.165) is 12.2 Å². The molecule has 3 rings (SSSR count). The highest BCUT2D eigenvalue weighted by Gasteiger charge is 2.46. The number of nitrogens with zero attached hydrogens (tertiary/aromatic N) is 4. The maximum atomic E-state index is 10.4.